The van der Waals surface area contributed by atoms with Gasteiger partial charge in [-0.2, -0.15) is 0 Å². The summed E-state index contributed by atoms with van der Waals surface area (Å²) in [6.45, 7) is 1.81. The SMILES string of the molecule is COC(=O)NC(C)c1nncn1C. The lowest BCUT2D eigenvalue weighted by Gasteiger charge is -2.11. The number of aryl methyl sites for hydroxylation is 1. The van der Waals surface area contributed by atoms with Crippen LogP contribution in [0.1, 0.15) is 18.8 Å². The minimum absolute atomic E-state index is 0.208. The molecule has 0 radical (unpaired) electrons. The van der Waals surface area contributed by atoms with Gasteiger partial charge in [-0.25, -0.2) is 4.79 Å². The van der Waals surface area contributed by atoms with E-state index in [9.17, 15) is 4.79 Å². The van der Waals surface area contributed by atoms with Crippen molar-refractivity contribution in [1.29, 1.82) is 0 Å². The summed E-state index contributed by atoms with van der Waals surface area (Å²) in [4.78, 5) is 10.8. The minimum Gasteiger partial charge on any atom is -0.453 e. The first-order valence-corrected chi connectivity index (χ1v) is 3.83. The molecule has 0 saturated carbocycles. The monoisotopic (exact) mass is 184 g/mol. The molecule has 0 aromatic carbocycles. The van der Waals surface area contributed by atoms with Crippen molar-refractivity contribution in [3.63, 3.8) is 0 Å². The Morgan fingerprint density at radius 3 is 2.92 bits per heavy atom. The normalized spacial score (nSPS) is 12.2. The summed E-state index contributed by atoms with van der Waals surface area (Å²) >= 11 is 0. The zero-order valence-corrected chi connectivity index (χ0v) is 7.81. The highest BCUT2D eigenvalue weighted by Gasteiger charge is 2.13. The van der Waals surface area contributed by atoms with E-state index in [-0.39, 0.29) is 6.04 Å². The second kappa shape index (κ2) is 3.88. The van der Waals surface area contributed by atoms with Crippen molar-refractivity contribution in [2.45, 2.75) is 13.0 Å². The van der Waals surface area contributed by atoms with Gasteiger partial charge in [0.2, 0.25) is 0 Å². The van der Waals surface area contributed by atoms with Crippen LogP contribution in [0.4, 0.5) is 4.79 Å². The molecule has 72 valence electrons. The van der Waals surface area contributed by atoms with Crippen LogP contribution in [0.2, 0.25) is 0 Å². The van der Waals surface area contributed by atoms with Gasteiger partial charge in [-0.3, -0.25) is 0 Å². The molecule has 0 bridgehead atoms. The standard InChI is InChI=1S/C7H12N4O2/c1-5(9-7(12)13-3)6-10-8-4-11(6)2/h4-5H,1-3H3,(H,9,12). The smallest absolute Gasteiger partial charge is 0.407 e. The molecule has 6 heteroatoms. The van der Waals surface area contributed by atoms with Crippen LogP contribution in [0.15, 0.2) is 6.33 Å². The third-order valence-electron chi connectivity index (χ3n) is 1.65. The molecule has 0 spiro atoms. The molecule has 1 aromatic rings. The number of hydrogen-bond donors (Lipinski definition) is 1. The number of ether oxygens (including phenoxy) is 1. The van der Waals surface area contributed by atoms with Crippen LogP contribution < -0.4 is 5.32 Å². The third kappa shape index (κ3) is 2.17. The van der Waals surface area contributed by atoms with Gasteiger partial charge in [-0.15, -0.1) is 10.2 Å². The lowest BCUT2D eigenvalue weighted by Crippen LogP contribution is -2.28. The van der Waals surface area contributed by atoms with Crippen LogP contribution in [0.3, 0.4) is 0 Å². The summed E-state index contributed by atoms with van der Waals surface area (Å²) in [6.07, 6.45) is 1.10. The molecule has 0 aliphatic rings. The number of amides is 1. The van der Waals surface area contributed by atoms with E-state index in [2.05, 4.69) is 20.3 Å². The first-order chi connectivity index (χ1) is 6.15. The summed E-state index contributed by atoms with van der Waals surface area (Å²) < 4.78 is 6.19. The topological polar surface area (TPSA) is 69.0 Å². The van der Waals surface area contributed by atoms with E-state index >= 15 is 0 Å². The van der Waals surface area contributed by atoms with E-state index in [1.165, 1.54) is 7.11 Å². The van der Waals surface area contributed by atoms with Crippen molar-refractivity contribution >= 4 is 6.09 Å². The van der Waals surface area contributed by atoms with E-state index in [1.807, 2.05) is 7.05 Å². The average molecular weight is 184 g/mol. The summed E-state index contributed by atoms with van der Waals surface area (Å²) in [5.74, 6) is 0.686. The van der Waals surface area contributed by atoms with E-state index < -0.39 is 6.09 Å². The van der Waals surface area contributed by atoms with Gasteiger partial charge in [0.25, 0.3) is 0 Å². The van der Waals surface area contributed by atoms with Gasteiger partial charge in [-0.05, 0) is 6.92 Å². The van der Waals surface area contributed by atoms with Crippen LogP contribution in [-0.4, -0.2) is 28.0 Å². The lowest BCUT2D eigenvalue weighted by atomic mass is 10.3. The molecule has 0 saturated heterocycles. The number of rotatable bonds is 2. The van der Waals surface area contributed by atoms with Gasteiger partial charge in [0.05, 0.1) is 13.2 Å². The second-order valence-electron chi connectivity index (χ2n) is 2.66. The van der Waals surface area contributed by atoms with Gasteiger partial charge in [0, 0.05) is 7.05 Å². The van der Waals surface area contributed by atoms with E-state index in [0.29, 0.717) is 5.82 Å². The zero-order valence-electron chi connectivity index (χ0n) is 7.81. The molecule has 1 aromatic heterocycles. The molecule has 1 heterocycles. The fourth-order valence-electron chi connectivity index (χ4n) is 0.984. The quantitative estimate of drug-likeness (QED) is 0.714. The van der Waals surface area contributed by atoms with E-state index in [0.717, 1.165) is 0 Å². The van der Waals surface area contributed by atoms with Crippen molar-refractivity contribution in [2.75, 3.05) is 7.11 Å². The highest BCUT2D eigenvalue weighted by molar-refractivity contribution is 5.67. The first kappa shape index (κ1) is 9.50. The fourth-order valence-corrected chi connectivity index (χ4v) is 0.984. The Bertz CT molecular complexity index is 296. The number of aromatic nitrogens is 3. The van der Waals surface area contributed by atoms with Gasteiger partial charge in [0.1, 0.15) is 6.33 Å². The Balaban J connectivity index is 2.63. The number of nitrogens with one attached hydrogen (secondary N) is 1. The number of carbonyl (C=O) groups is 1. The maximum absolute atomic E-state index is 10.8. The summed E-state index contributed by atoms with van der Waals surface area (Å²) in [6, 6.07) is -0.208. The van der Waals surface area contributed by atoms with Crippen molar-refractivity contribution in [2.24, 2.45) is 7.05 Å². The van der Waals surface area contributed by atoms with Gasteiger partial charge >= 0.3 is 6.09 Å². The third-order valence-corrected chi connectivity index (χ3v) is 1.65. The second-order valence-corrected chi connectivity index (χ2v) is 2.66. The molecule has 13 heavy (non-hydrogen) atoms. The van der Waals surface area contributed by atoms with Crippen LogP contribution in [0.5, 0.6) is 0 Å². The summed E-state index contributed by atoms with van der Waals surface area (Å²) in [7, 11) is 3.13. The number of carbonyl (C=O) groups excluding carboxylic acids is 1. The van der Waals surface area contributed by atoms with Crippen molar-refractivity contribution in [3.8, 4) is 0 Å². The fraction of sp³-hybridized carbons (Fsp3) is 0.571. The number of alkyl carbamates (subject to hydrolysis) is 1. The molecule has 1 amide bonds. The molecular formula is C7H12N4O2. The number of methoxy groups -OCH3 is 1. The highest BCUT2D eigenvalue weighted by atomic mass is 16.5. The predicted octanol–water partition coefficient (Wildman–Crippen LogP) is 0.232. The number of hydrogen-bond acceptors (Lipinski definition) is 4. The summed E-state index contributed by atoms with van der Waals surface area (Å²) in [5, 5.41) is 10.1. The van der Waals surface area contributed by atoms with Gasteiger partial charge in [-0.1, -0.05) is 0 Å². The molecule has 1 atom stereocenters. The molecule has 1 N–H and O–H groups in total. The van der Waals surface area contributed by atoms with E-state index in [4.69, 9.17) is 0 Å². The Hall–Kier alpha value is -1.59. The van der Waals surface area contributed by atoms with Crippen molar-refractivity contribution in [3.05, 3.63) is 12.2 Å². The molecular weight excluding hydrogens is 172 g/mol. The molecule has 1 unspecified atom stereocenters. The maximum atomic E-state index is 10.8. The Morgan fingerprint density at radius 2 is 2.46 bits per heavy atom. The minimum atomic E-state index is -0.476. The van der Waals surface area contributed by atoms with Gasteiger partial charge in [0.15, 0.2) is 5.82 Å². The largest absolute Gasteiger partial charge is 0.453 e. The zero-order chi connectivity index (χ0) is 9.84. The van der Waals surface area contributed by atoms with Crippen LogP contribution in [0, 0.1) is 0 Å². The molecule has 0 aliphatic heterocycles. The Kier molecular flexibility index (Phi) is 2.84. The van der Waals surface area contributed by atoms with Gasteiger partial charge < -0.3 is 14.6 Å². The lowest BCUT2D eigenvalue weighted by molar-refractivity contribution is 0.167. The first-order valence-electron chi connectivity index (χ1n) is 3.83. The molecule has 1 rings (SSSR count). The average Bonchev–Trinajstić information content (AvgIpc) is 2.51. The highest BCUT2D eigenvalue weighted by Crippen LogP contribution is 2.06. The van der Waals surface area contributed by atoms with Crippen LogP contribution >= 0.6 is 0 Å². The predicted molar refractivity (Wildman–Crippen MR) is 45.0 cm³/mol. The summed E-state index contributed by atoms with van der Waals surface area (Å²) in [5.41, 5.74) is 0. The van der Waals surface area contributed by atoms with Crippen molar-refractivity contribution in [1.82, 2.24) is 20.1 Å². The molecule has 0 aliphatic carbocycles. The van der Waals surface area contributed by atoms with E-state index in [1.54, 1.807) is 17.8 Å². The number of nitrogens with zero attached hydrogens (tertiary/aromatic N) is 3. The van der Waals surface area contributed by atoms with Crippen LogP contribution in [0.25, 0.3) is 0 Å². The Labute approximate surface area is 75.9 Å². The van der Waals surface area contributed by atoms with Crippen LogP contribution in [-0.2, 0) is 11.8 Å². The maximum Gasteiger partial charge on any atom is 0.407 e. The van der Waals surface area contributed by atoms with Crippen molar-refractivity contribution < 1.29 is 9.53 Å². The molecule has 0 fully saturated rings. The molecule has 6 nitrogen and oxygen atoms in total. The Morgan fingerprint density at radius 1 is 1.77 bits per heavy atom.